The third-order valence-electron chi connectivity index (χ3n) is 4.99. The molecular formula is C24H19N3O6. The van der Waals surface area contributed by atoms with Gasteiger partial charge in [-0.25, -0.2) is 0 Å². The highest BCUT2D eigenvalue weighted by atomic mass is 16.6. The first-order chi connectivity index (χ1) is 16.0. The van der Waals surface area contributed by atoms with Gasteiger partial charge in [-0.05, 0) is 29.8 Å². The summed E-state index contributed by atoms with van der Waals surface area (Å²) in [5.41, 5.74) is -0.141. The number of fused-ring (bicyclic) bond motifs is 2. The van der Waals surface area contributed by atoms with Gasteiger partial charge in [-0.1, -0.05) is 30.3 Å². The van der Waals surface area contributed by atoms with Crippen molar-refractivity contribution in [3.8, 4) is 23.3 Å². The zero-order valence-electron chi connectivity index (χ0n) is 17.7. The van der Waals surface area contributed by atoms with E-state index < -0.39 is 10.8 Å². The molecule has 0 saturated heterocycles. The predicted molar refractivity (Wildman–Crippen MR) is 121 cm³/mol. The van der Waals surface area contributed by atoms with Crippen LogP contribution in [0.25, 0.3) is 16.8 Å². The van der Waals surface area contributed by atoms with E-state index in [2.05, 4.69) is 5.32 Å². The molecule has 1 N–H and O–H groups in total. The molecule has 0 fully saturated rings. The van der Waals surface area contributed by atoms with Gasteiger partial charge < -0.3 is 19.5 Å². The summed E-state index contributed by atoms with van der Waals surface area (Å²) >= 11 is 0. The Hall–Kier alpha value is -4.58. The topological polar surface area (TPSA) is 124 Å². The minimum absolute atomic E-state index is 0.0987. The normalized spacial score (nSPS) is 12.7. The van der Waals surface area contributed by atoms with Crippen LogP contribution in [0.5, 0.6) is 17.2 Å². The Bertz CT molecular complexity index is 1330. The zero-order valence-corrected chi connectivity index (χ0v) is 17.7. The van der Waals surface area contributed by atoms with Gasteiger partial charge >= 0.3 is 0 Å². The lowest BCUT2D eigenvalue weighted by molar-refractivity contribution is -0.384. The van der Waals surface area contributed by atoms with Crippen LogP contribution in [0.15, 0.2) is 54.1 Å². The van der Waals surface area contributed by atoms with Crippen molar-refractivity contribution in [3.63, 3.8) is 0 Å². The highest BCUT2D eigenvalue weighted by Gasteiger charge is 2.24. The van der Waals surface area contributed by atoms with E-state index in [0.717, 1.165) is 10.8 Å². The molecule has 0 aromatic heterocycles. The molecule has 0 aliphatic carbocycles. The molecule has 1 aliphatic heterocycles. The Morgan fingerprint density at radius 3 is 2.64 bits per heavy atom. The van der Waals surface area contributed by atoms with Crippen LogP contribution in [0.2, 0.25) is 0 Å². The molecule has 0 saturated carbocycles. The summed E-state index contributed by atoms with van der Waals surface area (Å²) in [6.07, 6.45) is 1.42. The van der Waals surface area contributed by atoms with Crippen molar-refractivity contribution in [1.29, 1.82) is 5.26 Å². The van der Waals surface area contributed by atoms with Crippen molar-refractivity contribution in [2.24, 2.45) is 0 Å². The number of benzene rings is 3. The van der Waals surface area contributed by atoms with E-state index in [1.54, 1.807) is 6.07 Å². The van der Waals surface area contributed by atoms with Gasteiger partial charge in [-0.2, -0.15) is 5.26 Å². The maximum absolute atomic E-state index is 13.0. The Morgan fingerprint density at radius 2 is 1.94 bits per heavy atom. The number of hydrogen-bond acceptors (Lipinski definition) is 7. The molecular weight excluding hydrogens is 426 g/mol. The molecule has 166 valence electrons. The number of rotatable bonds is 6. The first kappa shape index (κ1) is 21.6. The largest absolute Gasteiger partial charge is 0.493 e. The molecule has 0 bridgehead atoms. The van der Waals surface area contributed by atoms with E-state index in [4.69, 9.17) is 14.2 Å². The summed E-state index contributed by atoms with van der Waals surface area (Å²) in [4.78, 5) is 23.9. The lowest BCUT2D eigenvalue weighted by Gasteiger charge is -2.19. The molecule has 1 amide bonds. The summed E-state index contributed by atoms with van der Waals surface area (Å²) < 4.78 is 16.5. The van der Waals surface area contributed by atoms with Crippen LogP contribution in [0, 0.1) is 21.4 Å². The van der Waals surface area contributed by atoms with Crippen molar-refractivity contribution in [1.82, 2.24) is 0 Å². The number of nitrogens with zero attached hydrogens (tertiary/aromatic N) is 2. The van der Waals surface area contributed by atoms with Gasteiger partial charge in [0.2, 0.25) is 0 Å². The second-order valence-corrected chi connectivity index (χ2v) is 7.03. The number of amides is 1. The minimum Gasteiger partial charge on any atom is -0.493 e. The van der Waals surface area contributed by atoms with Crippen molar-refractivity contribution >= 4 is 34.1 Å². The average Bonchev–Trinajstić information content (AvgIpc) is 2.82. The first-order valence-corrected chi connectivity index (χ1v) is 10.2. The molecule has 0 atom stereocenters. The number of hydrogen-bond donors (Lipinski definition) is 1. The third kappa shape index (κ3) is 4.41. The Balaban J connectivity index is 1.74. The highest BCUT2D eigenvalue weighted by molar-refractivity contribution is 6.12. The molecule has 0 radical (unpaired) electrons. The van der Waals surface area contributed by atoms with E-state index in [9.17, 15) is 20.2 Å². The van der Waals surface area contributed by atoms with Gasteiger partial charge in [0.15, 0.2) is 11.5 Å². The van der Waals surface area contributed by atoms with Gasteiger partial charge in [0, 0.05) is 11.6 Å². The predicted octanol–water partition coefficient (Wildman–Crippen LogP) is 4.46. The van der Waals surface area contributed by atoms with Crippen LogP contribution in [0.4, 0.5) is 11.4 Å². The number of ether oxygens (including phenoxy) is 3. The van der Waals surface area contributed by atoms with Crippen LogP contribution in [-0.2, 0) is 4.79 Å². The SMILES string of the molecule is CCOc1ccc2ccccc2c1C=C(C#N)C(=O)Nc1cc2c(cc1[N+](=O)[O-])OCCO2. The summed E-state index contributed by atoms with van der Waals surface area (Å²) in [5, 5.41) is 25.4. The number of nitrogens with one attached hydrogen (secondary N) is 1. The second-order valence-electron chi connectivity index (χ2n) is 7.03. The van der Waals surface area contributed by atoms with Crippen LogP contribution in [-0.4, -0.2) is 30.7 Å². The first-order valence-electron chi connectivity index (χ1n) is 10.2. The van der Waals surface area contributed by atoms with Gasteiger partial charge in [-0.15, -0.1) is 0 Å². The smallest absolute Gasteiger partial charge is 0.296 e. The fourth-order valence-electron chi connectivity index (χ4n) is 3.52. The number of nitro benzene ring substituents is 1. The van der Waals surface area contributed by atoms with E-state index in [1.807, 2.05) is 43.3 Å². The van der Waals surface area contributed by atoms with E-state index in [1.165, 1.54) is 18.2 Å². The maximum Gasteiger partial charge on any atom is 0.296 e. The number of anilines is 1. The van der Waals surface area contributed by atoms with Crippen LogP contribution < -0.4 is 19.5 Å². The van der Waals surface area contributed by atoms with E-state index in [-0.39, 0.29) is 41.7 Å². The van der Waals surface area contributed by atoms with Gasteiger partial charge in [0.05, 0.1) is 17.6 Å². The number of carbonyl (C=O) groups is 1. The van der Waals surface area contributed by atoms with Crippen LogP contribution >= 0.6 is 0 Å². The monoisotopic (exact) mass is 445 g/mol. The molecule has 4 rings (SSSR count). The lowest BCUT2D eigenvalue weighted by Crippen LogP contribution is -2.18. The van der Waals surface area contributed by atoms with Crippen LogP contribution in [0.1, 0.15) is 12.5 Å². The minimum atomic E-state index is -0.798. The fourth-order valence-corrected chi connectivity index (χ4v) is 3.52. The Kier molecular flexibility index (Phi) is 6.09. The second kappa shape index (κ2) is 9.28. The average molecular weight is 445 g/mol. The molecule has 0 spiro atoms. The third-order valence-corrected chi connectivity index (χ3v) is 4.99. The zero-order chi connectivity index (χ0) is 23.4. The number of nitro groups is 1. The highest BCUT2D eigenvalue weighted by Crippen LogP contribution is 2.39. The molecule has 1 heterocycles. The van der Waals surface area contributed by atoms with Crippen molar-refractivity contribution < 1.29 is 23.9 Å². The fraction of sp³-hybridized carbons (Fsp3) is 0.167. The Labute approximate surface area is 188 Å². The van der Waals surface area contributed by atoms with E-state index >= 15 is 0 Å². The van der Waals surface area contributed by atoms with Gasteiger partial charge in [-0.3, -0.25) is 14.9 Å². The molecule has 0 unspecified atom stereocenters. The molecule has 1 aliphatic rings. The Morgan fingerprint density at radius 1 is 1.21 bits per heavy atom. The summed E-state index contributed by atoms with van der Waals surface area (Å²) in [7, 11) is 0. The summed E-state index contributed by atoms with van der Waals surface area (Å²) in [5.74, 6) is 0.214. The molecule has 33 heavy (non-hydrogen) atoms. The standard InChI is InChI=1S/C24H19N3O6/c1-2-31-21-8-7-15-5-3-4-6-17(15)18(21)11-16(14-25)24(28)26-19-12-22-23(33-10-9-32-22)13-20(19)27(29)30/h3-8,11-13H,2,9-10H2,1H3,(H,26,28). The van der Waals surface area contributed by atoms with Crippen LogP contribution in [0.3, 0.4) is 0 Å². The molecule has 3 aromatic rings. The lowest BCUT2D eigenvalue weighted by atomic mass is 10.0. The van der Waals surface area contributed by atoms with Gasteiger partial charge in [0.25, 0.3) is 11.6 Å². The summed E-state index contributed by atoms with van der Waals surface area (Å²) in [6, 6.07) is 15.6. The van der Waals surface area contributed by atoms with Gasteiger partial charge in [0.1, 0.15) is 36.3 Å². The molecule has 9 heteroatoms. The summed E-state index contributed by atoms with van der Waals surface area (Å²) in [6.45, 7) is 2.78. The van der Waals surface area contributed by atoms with Crippen molar-refractivity contribution in [2.45, 2.75) is 6.92 Å². The maximum atomic E-state index is 13.0. The number of nitriles is 1. The molecule has 3 aromatic carbocycles. The van der Waals surface area contributed by atoms with Crippen molar-refractivity contribution in [3.05, 3.63) is 69.8 Å². The number of carbonyl (C=O) groups excluding carboxylic acids is 1. The van der Waals surface area contributed by atoms with Crippen molar-refractivity contribution in [2.75, 3.05) is 25.1 Å². The van der Waals surface area contributed by atoms with E-state index in [0.29, 0.717) is 17.9 Å². The quantitative estimate of drug-likeness (QED) is 0.257. The molecule has 9 nitrogen and oxygen atoms in total.